The van der Waals surface area contributed by atoms with Crippen LogP contribution in [0.1, 0.15) is 295 Å². The molecule has 0 saturated heterocycles. The van der Waals surface area contributed by atoms with E-state index >= 15 is 0 Å². The van der Waals surface area contributed by atoms with Crippen LogP contribution in [0.5, 0.6) is 0 Å². The van der Waals surface area contributed by atoms with Gasteiger partial charge in [0.2, 0.25) is 11.4 Å². The van der Waals surface area contributed by atoms with E-state index < -0.39 is 0 Å². The molecule has 1 heterocycles. The van der Waals surface area contributed by atoms with Crippen molar-refractivity contribution in [2.45, 2.75) is 286 Å². The molecule has 1 aliphatic heterocycles. The molecule has 0 atom stereocenters. The average molecular weight is 938 g/mol. The summed E-state index contributed by atoms with van der Waals surface area (Å²) < 4.78 is 1.54. The molecule has 0 spiro atoms. The van der Waals surface area contributed by atoms with E-state index in [2.05, 4.69) is 104 Å². The summed E-state index contributed by atoms with van der Waals surface area (Å²) in [4.78, 5) is 0. The first kappa shape index (κ1) is 63.0. The second kappa shape index (κ2) is 45.8. The fourth-order valence-electron chi connectivity index (χ4n) is 9.10. The van der Waals surface area contributed by atoms with Crippen molar-refractivity contribution in [1.82, 2.24) is 0 Å². The van der Waals surface area contributed by atoms with Crippen LogP contribution in [0.15, 0.2) is 59.7 Å². The normalized spacial score (nSPS) is 12.3. The van der Waals surface area contributed by atoms with Crippen LogP contribution in [0.4, 0.5) is 0 Å². The Morgan fingerprint density at radius 3 is 1.05 bits per heavy atom. The molecule has 3 heteroatoms. The van der Waals surface area contributed by atoms with Gasteiger partial charge < -0.3 is 19.4 Å². The number of rotatable bonds is 38. The van der Waals surface area contributed by atoms with E-state index in [0.717, 1.165) is 73.9 Å². The van der Waals surface area contributed by atoms with Crippen LogP contribution in [0.3, 0.4) is 0 Å². The number of benzene rings is 2. The summed E-state index contributed by atoms with van der Waals surface area (Å²) in [6.07, 6.45) is 50.5. The first-order chi connectivity index (χ1) is 31.5. The van der Waals surface area contributed by atoms with Crippen LogP contribution in [0.2, 0.25) is 0 Å². The van der Waals surface area contributed by atoms with Crippen LogP contribution in [-0.2, 0) is 29.3 Å². The van der Waals surface area contributed by atoms with Crippen molar-refractivity contribution in [2.24, 2.45) is 0 Å². The summed E-state index contributed by atoms with van der Waals surface area (Å²) >= 11 is 0. The van der Waals surface area contributed by atoms with Gasteiger partial charge in [0.05, 0.1) is 0 Å². The van der Waals surface area contributed by atoms with E-state index in [1.807, 2.05) is 0 Å². The molecular formula is C62H106N2Ni. The Labute approximate surface area is 417 Å². The van der Waals surface area contributed by atoms with Gasteiger partial charge in [-0.3, -0.25) is 0 Å². The number of hydrogen-bond acceptors (Lipinski definition) is 0. The van der Waals surface area contributed by atoms with Gasteiger partial charge in [0.1, 0.15) is 0 Å². The third-order valence-electron chi connectivity index (χ3n) is 13.3. The number of allylic oxidation sites excluding steroid dienone is 2. The summed E-state index contributed by atoms with van der Waals surface area (Å²) in [5.41, 5.74) is 21.4. The van der Waals surface area contributed by atoms with Crippen LogP contribution in [0.25, 0.3) is 16.9 Å². The van der Waals surface area contributed by atoms with Gasteiger partial charge in [-0.2, -0.15) is 12.8 Å². The zero-order valence-corrected chi connectivity index (χ0v) is 45.1. The smallest absolute Gasteiger partial charge is 0.493 e. The first-order valence-electron chi connectivity index (χ1n) is 28.2. The Balaban J connectivity index is 0.00000110. The van der Waals surface area contributed by atoms with Crippen molar-refractivity contribution in [1.29, 1.82) is 0 Å². The fraction of sp³-hybridized carbons (Fsp3) is 0.710. The van der Waals surface area contributed by atoms with Gasteiger partial charge in [-0.05, 0) is 80.3 Å². The average Bonchev–Trinajstić information content (AvgIpc) is 3.60. The van der Waals surface area contributed by atoms with Crippen LogP contribution in [0, 0.1) is 13.8 Å². The molecule has 1 aliphatic rings. The minimum absolute atomic E-state index is 0. The Morgan fingerprint density at radius 2 is 0.677 bits per heavy atom. The molecule has 0 amide bonds. The minimum atomic E-state index is 0. The Morgan fingerprint density at radius 1 is 0.369 bits per heavy atom. The van der Waals surface area contributed by atoms with Crippen LogP contribution >= 0.6 is 0 Å². The van der Waals surface area contributed by atoms with Crippen molar-refractivity contribution >= 4 is 11.4 Å². The quantitative estimate of drug-likeness (QED) is 0.0277. The van der Waals surface area contributed by atoms with Crippen molar-refractivity contribution < 1.29 is 21.2 Å². The van der Waals surface area contributed by atoms with Gasteiger partial charge in [0, 0.05) is 22.3 Å². The predicted molar refractivity (Wildman–Crippen MR) is 289 cm³/mol. The van der Waals surface area contributed by atoms with E-state index in [0.29, 0.717) is 0 Å². The van der Waals surface area contributed by atoms with E-state index in [1.165, 1.54) is 220 Å². The second-order valence-electron chi connectivity index (χ2n) is 19.2. The summed E-state index contributed by atoms with van der Waals surface area (Å²) in [5, 5.41) is 0. The predicted octanol–water partition coefficient (Wildman–Crippen LogP) is 21.7. The van der Waals surface area contributed by atoms with Crippen molar-refractivity contribution in [2.75, 3.05) is 0 Å². The Hall–Kier alpha value is -1.99. The monoisotopic (exact) mass is 937 g/mol. The molecule has 374 valence electrons. The van der Waals surface area contributed by atoms with Gasteiger partial charge in [0.25, 0.3) is 0 Å². The van der Waals surface area contributed by atoms with Gasteiger partial charge in [0.15, 0.2) is 0 Å². The van der Waals surface area contributed by atoms with Gasteiger partial charge in [-0.15, -0.1) is 0 Å². The van der Waals surface area contributed by atoms with E-state index in [1.54, 1.807) is 0 Å². The zero-order valence-electron chi connectivity index (χ0n) is 44.1. The van der Waals surface area contributed by atoms with Crippen molar-refractivity contribution in [3.63, 3.8) is 0 Å². The maximum Gasteiger partial charge on any atom is 2.00 e. The molecule has 2 aromatic rings. The Kier molecular flexibility index (Phi) is 44.4. The molecule has 0 aromatic heterocycles. The third-order valence-corrected chi connectivity index (χ3v) is 13.3. The molecule has 0 bridgehead atoms. The summed E-state index contributed by atoms with van der Waals surface area (Å²) in [7, 11) is 0. The van der Waals surface area contributed by atoms with E-state index in [4.69, 9.17) is 0 Å². The second-order valence-corrected chi connectivity index (χ2v) is 19.2. The number of aryl methyl sites for hydroxylation is 2. The number of nitrogens with zero attached hydrogens (tertiary/aromatic N) is 2. The standard InChI is InChI=1S/C32H44N2.2C15H31.Ni/c1-5-9-12-13-22-30-29(21-11-7-3)32(28-20-15-18-26(24-28)16-10-6-2)34(33)31(30)27-19-14-17-25(8-4)23-27;2*1-3-5-7-9-11-13-15-14-12-10-8-6-4-2;/h14-15,17-20,23-24H,5-13,16,21-22H2,1-4H3;2*1,3-15H2,2H3;/q;2*-1;+2. The summed E-state index contributed by atoms with van der Waals surface area (Å²) in [6, 6.07) is 17.6. The van der Waals surface area contributed by atoms with E-state index in [-0.39, 0.29) is 16.5 Å². The van der Waals surface area contributed by atoms with Crippen molar-refractivity contribution in [3.05, 3.63) is 101 Å². The van der Waals surface area contributed by atoms with Gasteiger partial charge >= 0.3 is 16.5 Å². The van der Waals surface area contributed by atoms with Gasteiger partial charge in [-0.25, -0.2) is 4.70 Å². The molecule has 3 rings (SSSR count). The maximum absolute atomic E-state index is 11.7. The summed E-state index contributed by atoms with van der Waals surface area (Å²) in [5.74, 6) is 0. The molecule has 0 unspecified atom stereocenters. The molecule has 0 saturated carbocycles. The Bertz CT molecular complexity index is 1400. The number of unbranched alkanes of at least 4 members (excludes halogenated alkanes) is 29. The number of hydrogen-bond donors (Lipinski definition) is 0. The molecular weight excluding hydrogens is 831 g/mol. The first-order valence-corrected chi connectivity index (χ1v) is 28.2. The SMILES string of the molecule is CCCCCCC1=C(c2cccc(CC)c2)[N+](=[N-])C(c2cccc(CCCC)c2)=C1CCCC.[CH2-]CCCCCCCCCCCCCC.[CH2-]CCCCCCCCCCCCCC.[Ni+2]. The van der Waals surface area contributed by atoms with Crippen LogP contribution in [-0.4, -0.2) is 4.70 Å². The topological polar surface area (TPSA) is 25.3 Å². The van der Waals surface area contributed by atoms with Crippen LogP contribution < -0.4 is 0 Å². The fourth-order valence-corrected chi connectivity index (χ4v) is 9.10. The third kappa shape index (κ3) is 30.2. The molecule has 65 heavy (non-hydrogen) atoms. The molecule has 0 N–H and O–H groups in total. The maximum atomic E-state index is 11.7. The largest absolute Gasteiger partial charge is 2.00 e. The van der Waals surface area contributed by atoms with Gasteiger partial charge in [-0.1, -0.05) is 252 Å². The molecule has 0 radical (unpaired) electrons. The molecule has 2 nitrogen and oxygen atoms in total. The molecule has 0 aliphatic carbocycles. The zero-order chi connectivity index (χ0) is 46.7. The molecule has 2 aromatic carbocycles. The van der Waals surface area contributed by atoms with Crippen molar-refractivity contribution in [3.8, 4) is 0 Å². The van der Waals surface area contributed by atoms with E-state index in [9.17, 15) is 5.53 Å². The molecule has 0 fully saturated rings. The summed E-state index contributed by atoms with van der Waals surface area (Å²) in [6.45, 7) is 21.3. The minimum Gasteiger partial charge on any atom is -0.493 e.